The van der Waals surface area contributed by atoms with Crippen LogP contribution in [0.1, 0.15) is 46.0 Å². The number of unbranched alkanes of at least 4 members (excludes halogenated alkanes) is 4. The van der Waals surface area contributed by atoms with Crippen molar-refractivity contribution in [1.29, 1.82) is 0 Å². The summed E-state index contributed by atoms with van der Waals surface area (Å²) >= 11 is 0. The Morgan fingerprint density at radius 3 is 1.55 bits per heavy atom. The molecule has 0 aromatic rings. The van der Waals surface area contributed by atoms with Gasteiger partial charge in [0, 0.05) is 0 Å². The minimum atomic E-state index is 1.26. The summed E-state index contributed by atoms with van der Waals surface area (Å²) in [7, 11) is 0. The second kappa shape index (κ2) is 9.48. The lowest BCUT2D eigenvalue weighted by Gasteiger charge is -1.93. The first-order valence-electron chi connectivity index (χ1n) is 4.64. The average Bonchev–Trinajstić information content (AvgIpc) is 2.03. The fourth-order valence-corrected chi connectivity index (χ4v) is 1.03. The van der Waals surface area contributed by atoms with E-state index in [4.69, 9.17) is 0 Å². The average molecular weight is 152 g/mol. The summed E-state index contributed by atoms with van der Waals surface area (Å²) in [5.74, 6) is 0. The molecule has 0 heterocycles. The summed E-state index contributed by atoms with van der Waals surface area (Å²) in [6.07, 6.45) is 15.3. The van der Waals surface area contributed by atoms with Gasteiger partial charge in [-0.15, -0.1) is 0 Å². The Kier molecular flexibility index (Phi) is 9.03. The van der Waals surface area contributed by atoms with Gasteiger partial charge in [-0.1, -0.05) is 30.7 Å². The molecule has 0 spiro atoms. The molecular weight excluding hydrogens is 132 g/mol. The molecule has 0 aliphatic rings. The van der Waals surface area contributed by atoms with E-state index in [2.05, 4.69) is 38.2 Å². The molecule has 0 atom stereocenters. The Labute approximate surface area is 71.0 Å². The normalized spacial score (nSPS) is 11.8. The van der Waals surface area contributed by atoms with E-state index >= 15 is 0 Å². The number of allylic oxidation sites excluding steroid dienone is 4. The van der Waals surface area contributed by atoms with Crippen LogP contribution >= 0.6 is 0 Å². The van der Waals surface area contributed by atoms with E-state index in [1.165, 1.54) is 32.1 Å². The quantitative estimate of drug-likeness (QED) is 0.397. The van der Waals surface area contributed by atoms with Crippen molar-refractivity contribution >= 4 is 0 Å². The van der Waals surface area contributed by atoms with Crippen LogP contribution in [0.3, 0.4) is 0 Å². The van der Waals surface area contributed by atoms with Gasteiger partial charge in [-0.05, 0) is 39.5 Å². The molecule has 0 aliphatic carbocycles. The maximum Gasteiger partial charge on any atom is -0.0351 e. The zero-order valence-corrected chi connectivity index (χ0v) is 7.84. The van der Waals surface area contributed by atoms with Crippen LogP contribution in [0, 0.1) is 0 Å². The van der Waals surface area contributed by atoms with Crippen molar-refractivity contribution in [3.05, 3.63) is 24.3 Å². The van der Waals surface area contributed by atoms with E-state index < -0.39 is 0 Å². The van der Waals surface area contributed by atoms with Gasteiger partial charge in [-0.3, -0.25) is 0 Å². The maximum absolute atomic E-state index is 2.25. The molecule has 0 aromatic heterocycles. The van der Waals surface area contributed by atoms with E-state index in [9.17, 15) is 0 Å². The summed E-state index contributed by atoms with van der Waals surface area (Å²) in [5.41, 5.74) is 0. The van der Waals surface area contributed by atoms with Gasteiger partial charge in [0.25, 0.3) is 0 Å². The largest absolute Gasteiger partial charge is 0.0917 e. The molecule has 0 nitrogen and oxygen atoms in total. The maximum atomic E-state index is 2.25. The third-order valence-electron chi connectivity index (χ3n) is 1.71. The number of hydrogen-bond acceptors (Lipinski definition) is 0. The van der Waals surface area contributed by atoms with Crippen LogP contribution in [-0.2, 0) is 0 Å². The molecule has 0 heteroatoms. The van der Waals surface area contributed by atoms with Gasteiger partial charge in [0.05, 0.1) is 0 Å². The van der Waals surface area contributed by atoms with Gasteiger partial charge in [0.2, 0.25) is 0 Å². The molecule has 0 rings (SSSR count). The van der Waals surface area contributed by atoms with Gasteiger partial charge in [-0.25, -0.2) is 0 Å². The summed E-state index contributed by atoms with van der Waals surface area (Å²) < 4.78 is 0. The minimum absolute atomic E-state index is 1.26. The summed E-state index contributed by atoms with van der Waals surface area (Å²) in [4.78, 5) is 0. The first-order chi connectivity index (χ1) is 5.41. The Morgan fingerprint density at radius 2 is 1.18 bits per heavy atom. The number of rotatable bonds is 6. The minimum Gasteiger partial charge on any atom is -0.0917 e. The molecule has 0 saturated carbocycles. The molecular formula is C11H20. The van der Waals surface area contributed by atoms with Crippen LogP contribution < -0.4 is 0 Å². The monoisotopic (exact) mass is 152 g/mol. The van der Waals surface area contributed by atoms with Crippen LogP contribution in [0.4, 0.5) is 0 Å². The van der Waals surface area contributed by atoms with Crippen molar-refractivity contribution in [1.82, 2.24) is 0 Å². The summed E-state index contributed by atoms with van der Waals surface area (Å²) in [5, 5.41) is 0. The number of hydrogen-bond donors (Lipinski definition) is 0. The van der Waals surface area contributed by atoms with Crippen LogP contribution in [-0.4, -0.2) is 0 Å². The lowest BCUT2D eigenvalue weighted by Crippen LogP contribution is -1.74. The third kappa shape index (κ3) is 9.48. The molecule has 0 N–H and O–H groups in total. The Balaban J connectivity index is 2.90. The first kappa shape index (κ1) is 10.5. The lowest BCUT2D eigenvalue weighted by molar-refractivity contribution is 0.695. The zero-order chi connectivity index (χ0) is 8.36. The van der Waals surface area contributed by atoms with Crippen molar-refractivity contribution in [2.24, 2.45) is 0 Å². The second-order valence-electron chi connectivity index (χ2n) is 2.78. The van der Waals surface area contributed by atoms with E-state index in [0.29, 0.717) is 0 Å². The van der Waals surface area contributed by atoms with Gasteiger partial charge in [0.15, 0.2) is 0 Å². The van der Waals surface area contributed by atoms with Crippen LogP contribution in [0.15, 0.2) is 24.3 Å². The van der Waals surface area contributed by atoms with Gasteiger partial charge in [0.1, 0.15) is 0 Å². The predicted molar refractivity (Wildman–Crippen MR) is 52.7 cm³/mol. The van der Waals surface area contributed by atoms with E-state index in [0.717, 1.165) is 0 Å². The molecule has 0 unspecified atom stereocenters. The smallest absolute Gasteiger partial charge is 0.0351 e. The molecule has 0 bridgehead atoms. The highest BCUT2D eigenvalue weighted by molar-refractivity contribution is 4.78. The summed E-state index contributed by atoms with van der Waals surface area (Å²) in [6.45, 7) is 4.17. The van der Waals surface area contributed by atoms with Crippen molar-refractivity contribution < 1.29 is 0 Å². The van der Waals surface area contributed by atoms with Gasteiger partial charge in [-0.2, -0.15) is 0 Å². The third-order valence-corrected chi connectivity index (χ3v) is 1.71. The molecule has 0 saturated heterocycles. The second-order valence-corrected chi connectivity index (χ2v) is 2.78. The Bertz CT molecular complexity index is 95.2. The SMILES string of the molecule is CC=CCCCCCC=CC. The highest BCUT2D eigenvalue weighted by Gasteiger charge is 1.84. The zero-order valence-electron chi connectivity index (χ0n) is 7.84. The first-order valence-corrected chi connectivity index (χ1v) is 4.64. The van der Waals surface area contributed by atoms with E-state index in [1.54, 1.807) is 0 Å². The Hall–Kier alpha value is -0.520. The fourth-order valence-electron chi connectivity index (χ4n) is 1.03. The van der Waals surface area contributed by atoms with Crippen molar-refractivity contribution in [2.75, 3.05) is 0 Å². The molecule has 11 heavy (non-hydrogen) atoms. The highest BCUT2D eigenvalue weighted by Crippen LogP contribution is 2.03. The lowest BCUT2D eigenvalue weighted by atomic mass is 10.1. The molecule has 0 fully saturated rings. The molecule has 0 amide bonds. The van der Waals surface area contributed by atoms with Gasteiger partial charge < -0.3 is 0 Å². The van der Waals surface area contributed by atoms with E-state index in [-0.39, 0.29) is 0 Å². The molecule has 0 aliphatic heterocycles. The predicted octanol–water partition coefficient (Wildman–Crippen LogP) is 4.09. The molecule has 64 valence electrons. The fraction of sp³-hybridized carbons (Fsp3) is 0.636. The van der Waals surface area contributed by atoms with Crippen molar-refractivity contribution in [3.8, 4) is 0 Å². The summed E-state index contributed by atoms with van der Waals surface area (Å²) in [6, 6.07) is 0. The molecule has 0 aromatic carbocycles. The molecule has 0 radical (unpaired) electrons. The van der Waals surface area contributed by atoms with Crippen LogP contribution in [0.25, 0.3) is 0 Å². The van der Waals surface area contributed by atoms with Crippen molar-refractivity contribution in [3.63, 3.8) is 0 Å². The van der Waals surface area contributed by atoms with Crippen LogP contribution in [0.2, 0.25) is 0 Å². The standard InChI is InChI=1S/C11H20/c1-3-5-7-9-11-10-8-6-4-2/h3-6H,7-11H2,1-2H3. The Morgan fingerprint density at radius 1 is 0.727 bits per heavy atom. The topological polar surface area (TPSA) is 0 Å². The van der Waals surface area contributed by atoms with Gasteiger partial charge >= 0.3 is 0 Å². The van der Waals surface area contributed by atoms with Crippen molar-refractivity contribution in [2.45, 2.75) is 46.0 Å². The van der Waals surface area contributed by atoms with Crippen LogP contribution in [0.5, 0.6) is 0 Å². The highest BCUT2D eigenvalue weighted by atomic mass is 13.9. The van der Waals surface area contributed by atoms with E-state index in [1.807, 2.05) is 0 Å².